The molecule has 2 heterocycles. The number of nitrogens with zero attached hydrogens (tertiary/aromatic N) is 4. The Morgan fingerprint density at radius 1 is 1.43 bits per heavy atom. The Kier molecular flexibility index (Phi) is 3.88. The van der Waals surface area contributed by atoms with Gasteiger partial charge in [0.1, 0.15) is 5.52 Å². The fourth-order valence-corrected chi connectivity index (χ4v) is 1.91. The third-order valence-corrected chi connectivity index (χ3v) is 3.12. The first-order valence-corrected chi connectivity index (χ1v) is 6.48. The Bertz CT molecular complexity index is 692. The molecule has 2 rings (SSSR count). The average Bonchev–Trinajstić information content (AvgIpc) is 2.77. The second kappa shape index (κ2) is 5.47. The minimum atomic E-state index is -0.889. The normalized spacial score (nSPS) is 11.6. The molecule has 0 saturated heterocycles. The first-order chi connectivity index (χ1) is 9.78. The van der Waals surface area contributed by atoms with Gasteiger partial charge in [-0.3, -0.25) is 9.59 Å². The highest BCUT2D eigenvalue weighted by Crippen LogP contribution is 2.14. The van der Waals surface area contributed by atoms with Crippen LogP contribution in [-0.2, 0) is 11.8 Å². The van der Waals surface area contributed by atoms with E-state index in [9.17, 15) is 9.59 Å². The summed E-state index contributed by atoms with van der Waals surface area (Å²) in [5.41, 5.74) is 0.879. The number of rotatable bonds is 5. The molecule has 0 saturated carbocycles. The molecule has 0 radical (unpaired) electrons. The predicted molar refractivity (Wildman–Crippen MR) is 74.7 cm³/mol. The molecule has 0 fully saturated rings. The number of carboxylic acids is 1. The summed E-state index contributed by atoms with van der Waals surface area (Å²) in [5, 5.41) is 19.2. The second-order valence-corrected chi connectivity index (χ2v) is 5.51. The van der Waals surface area contributed by atoms with Crippen LogP contribution in [0.4, 0.5) is 0 Å². The molecular weight excluding hydrogens is 274 g/mol. The van der Waals surface area contributed by atoms with Gasteiger partial charge in [0.25, 0.3) is 5.91 Å². The van der Waals surface area contributed by atoms with Crippen molar-refractivity contribution in [3.8, 4) is 0 Å². The van der Waals surface area contributed by atoms with E-state index in [4.69, 9.17) is 5.11 Å². The molecule has 0 aromatic carbocycles. The third kappa shape index (κ3) is 3.53. The van der Waals surface area contributed by atoms with E-state index in [-0.39, 0.29) is 12.3 Å². The summed E-state index contributed by atoms with van der Waals surface area (Å²) >= 11 is 0. The molecule has 1 amide bonds. The lowest BCUT2D eigenvalue weighted by molar-refractivity contribution is -0.137. The molecule has 8 heteroatoms. The summed E-state index contributed by atoms with van der Waals surface area (Å²) in [6, 6.07) is 1.61. The van der Waals surface area contributed by atoms with Gasteiger partial charge in [0, 0.05) is 25.2 Å². The highest BCUT2D eigenvalue weighted by atomic mass is 16.4. The molecular formula is C13H17N5O3. The molecule has 0 unspecified atom stereocenters. The number of aromatic nitrogens is 4. The SMILES string of the molecule is Cn1nnc2cc(C(=O)NC(C)(C)CCC(=O)O)cnc21. The Morgan fingerprint density at radius 2 is 2.14 bits per heavy atom. The Balaban J connectivity index is 2.12. The summed E-state index contributed by atoms with van der Waals surface area (Å²) in [6.45, 7) is 3.56. The van der Waals surface area contributed by atoms with Crippen molar-refractivity contribution in [2.75, 3.05) is 0 Å². The number of aryl methyl sites for hydroxylation is 1. The van der Waals surface area contributed by atoms with Gasteiger partial charge in [-0.15, -0.1) is 5.10 Å². The summed E-state index contributed by atoms with van der Waals surface area (Å²) in [4.78, 5) is 27.0. The molecule has 0 aliphatic heterocycles. The minimum absolute atomic E-state index is 0.00523. The maximum absolute atomic E-state index is 12.2. The smallest absolute Gasteiger partial charge is 0.303 e. The number of carboxylic acid groups (broad SMARTS) is 1. The van der Waals surface area contributed by atoms with Crippen molar-refractivity contribution in [3.05, 3.63) is 17.8 Å². The van der Waals surface area contributed by atoms with Crippen molar-refractivity contribution in [1.82, 2.24) is 25.3 Å². The second-order valence-electron chi connectivity index (χ2n) is 5.51. The van der Waals surface area contributed by atoms with Crippen LogP contribution >= 0.6 is 0 Å². The molecule has 2 N–H and O–H groups in total. The minimum Gasteiger partial charge on any atom is -0.481 e. The zero-order chi connectivity index (χ0) is 15.6. The highest BCUT2D eigenvalue weighted by Gasteiger charge is 2.22. The van der Waals surface area contributed by atoms with Crippen molar-refractivity contribution < 1.29 is 14.7 Å². The van der Waals surface area contributed by atoms with Gasteiger partial charge in [0.2, 0.25) is 0 Å². The molecule has 0 spiro atoms. The number of aliphatic carboxylic acids is 1. The van der Waals surface area contributed by atoms with Crippen LogP contribution in [0.15, 0.2) is 12.3 Å². The highest BCUT2D eigenvalue weighted by molar-refractivity contribution is 5.96. The van der Waals surface area contributed by atoms with Crippen LogP contribution in [0, 0.1) is 0 Å². The Hall–Kier alpha value is -2.51. The van der Waals surface area contributed by atoms with Crippen LogP contribution in [0.3, 0.4) is 0 Å². The quantitative estimate of drug-likeness (QED) is 0.840. The fourth-order valence-electron chi connectivity index (χ4n) is 1.91. The van der Waals surface area contributed by atoms with Crippen molar-refractivity contribution in [3.63, 3.8) is 0 Å². The first kappa shape index (κ1) is 14.9. The van der Waals surface area contributed by atoms with Crippen molar-refractivity contribution in [2.24, 2.45) is 7.05 Å². The maximum Gasteiger partial charge on any atom is 0.303 e. The fraction of sp³-hybridized carbons (Fsp3) is 0.462. The predicted octanol–water partition coefficient (Wildman–Crippen LogP) is 0.736. The topological polar surface area (TPSA) is 110 Å². The number of carbonyl (C=O) groups is 2. The van der Waals surface area contributed by atoms with Gasteiger partial charge in [0.05, 0.1) is 5.56 Å². The van der Waals surface area contributed by atoms with Crippen LogP contribution in [-0.4, -0.2) is 42.5 Å². The van der Waals surface area contributed by atoms with Crippen molar-refractivity contribution in [1.29, 1.82) is 0 Å². The zero-order valence-corrected chi connectivity index (χ0v) is 12.1. The molecule has 0 bridgehead atoms. The van der Waals surface area contributed by atoms with Crippen molar-refractivity contribution in [2.45, 2.75) is 32.2 Å². The molecule has 0 aliphatic rings. The van der Waals surface area contributed by atoms with Gasteiger partial charge in [-0.2, -0.15) is 0 Å². The molecule has 2 aromatic rings. The number of pyridine rings is 1. The monoisotopic (exact) mass is 291 g/mol. The lowest BCUT2D eigenvalue weighted by atomic mass is 9.98. The van der Waals surface area contributed by atoms with Crippen LogP contribution in [0.1, 0.15) is 37.0 Å². The lowest BCUT2D eigenvalue weighted by Crippen LogP contribution is -2.43. The molecule has 0 atom stereocenters. The molecule has 8 nitrogen and oxygen atoms in total. The van der Waals surface area contributed by atoms with Gasteiger partial charge in [-0.05, 0) is 26.3 Å². The summed E-state index contributed by atoms with van der Waals surface area (Å²) < 4.78 is 1.52. The molecule has 21 heavy (non-hydrogen) atoms. The molecule has 112 valence electrons. The Morgan fingerprint density at radius 3 is 2.81 bits per heavy atom. The van der Waals surface area contributed by atoms with Crippen LogP contribution in [0.5, 0.6) is 0 Å². The maximum atomic E-state index is 12.2. The van der Waals surface area contributed by atoms with E-state index in [1.165, 1.54) is 10.9 Å². The number of carbonyl (C=O) groups excluding carboxylic acids is 1. The van der Waals surface area contributed by atoms with Gasteiger partial charge in [-0.25, -0.2) is 9.67 Å². The third-order valence-electron chi connectivity index (χ3n) is 3.12. The number of nitrogens with one attached hydrogen (secondary N) is 1. The average molecular weight is 291 g/mol. The van der Waals surface area contributed by atoms with E-state index in [1.54, 1.807) is 27.0 Å². The number of amides is 1. The van der Waals surface area contributed by atoms with E-state index < -0.39 is 11.5 Å². The van der Waals surface area contributed by atoms with Crippen LogP contribution in [0.2, 0.25) is 0 Å². The first-order valence-electron chi connectivity index (χ1n) is 6.48. The van der Waals surface area contributed by atoms with Gasteiger partial charge in [0.15, 0.2) is 5.65 Å². The van der Waals surface area contributed by atoms with E-state index in [1.807, 2.05) is 0 Å². The molecule has 2 aromatic heterocycles. The zero-order valence-electron chi connectivity index (χ0n) is 12.1. The van der Waals surface area contributed by atoms with E-state index in [0.717, 1.165) is 0 Å². The van der Waals surface area contributed by atoms with Gasteiger partial charge >= 0.3 is 5.97 Å². The standard InChI is InChI=1S/C13H17N5O3/c1-13(2,5-4-10(19)20)15-12(21)8-6-9-11(14-7-8)18(3)17-16-9/h6-7H,4-5H2,1-3H3,(H,15,21)(H,19,20). The number of hydrogen-bond acceptors (Lipinski definition) is 5. The van der Waals surface area contributed by atoms with Crippen LogP contribution < -0.4 is 5.32 Å². The van der Waals surface area contributed by atoms with E-state index >= 15 is 0 Å². The molecule has 0 aliphatic carbocycles. The largest absolute Gasteiger partial charge is 0.481 e. The van der Waals surface area contributed by atoms with Crippen molar-refractivity contribution >= 4 is 23.0 Å². The summed E-state index contributed by atoms with van der Waals surface area (Å²) in [6.07, 6.45) is 1.79. The summed E-state index contributed by atoms with van der Waals surface area (Å²) in [7, 11) is 1.72. The van der Waals surface area contributed by atoms with Crippen LogP contribution in [0.25, 0.3) is 11.2 Å². The number of hydrogen-bond donors (Lipinski definition) is 2. The Labute approximate surface area is 121 Å². The van der Waals surface area contributed by atoms with E-state index in [2.05, 4.69) is 20.6 Å². The summed E-state index contributed by atoms with van der Waals surface area (Å²) in [5.74, 6) is -1.20. The van der Waals surface area contributed by atoms with E-state index in [0.29, 0.717) is 23.1 Å². The lowest BCUT2D eigenvalue weighted by Gasteiger charge is -2.25. The van der Waals surface area contributed by atoms with Gasteiger partial charge in [-0.1, -0.05) is 5.21 Å². The van der Waals surface area contributed by atoms with Gasteiger partial charge < -0.3 is 10.4 Å². The number of fused-ring (bicyclic) bond motifs is 1.